The van der Waals surface area contributed by atoms with Crippen molar-refractivity contribution in [1.82, 2.24) is 5.32 Å². The molecule has 5 rings (SSSR count). The predicted molar refractivity (Wildman–Crippen MR) is 101 cm³/mol. The van der Waals surface area contributed by atoms with Crippen LogP contribution in [0.5, 0.6) is 5.75 Å². The van der Waals surface area contributed by atoms with Crippen LogP contribution in [0, 0.1) is 23.7 Å². The molecule has 4 saturated carbocycles. The van der Waals surface area contributed by atoms with Crippen LogP contribution in [-0.4, -0.2) is 31.8 Å². The van der Waals surface area contributed by atoms with E-state index in [1.54, 1.807) is 24.3 Å². The molecule has 1 N–H and O–H groups in total. The normalized spacial score (nSPS) is 31.8. The fourth-order valence-corrected chi connectivity index (χ4v) is 5.63. The van der Waals surface area contributed by atoms with Gasteiger partial charge < -0.3 is 14.8 Å². The van der Waals surface area contributed by atoms with E-state index in [1.165, 1.54) is 32.1 Å². The number of hydrogen-bond donors (Lipinski definition) is 1. The van der Waals surface area contributed by atoms with Gasteiger partial charge in [0, 0.05) is 11.1 Å². The molecule has 0 spiro atoms. The van der Waals surface area contributed by atoms with Crippen LogP contribution in [0.25, 0.3) is 0 Å². The van der Waals surface area contributed by atoms with Gasteiger partial charge in [-0.25, -0.2) is 4.79 Å². The summed E-state index contributed by atoms with van der Waals surface area (Å²) in [5, 5.41) is 4.41. The average molecular weight is 378 g/mol. The third kappa shape index (κ3) is 4.34. The maximum Gasteiger partial charge on any atom is 0.344 e. The molecule has 4 fully saturated rings. The average Bonchev–Trinajstić information content (AvgIpc) is 2.62. The number of nitrogens with one attached hydrogen (secondary N) is 1. The second kappa shape index (κ2) is 8.18. The van der Waals surface area contributed by atoms with Crippen LogP contribution < -0.4 is 10.1 Å². The van der Waals surface area contributed by atoms with E-state index < -0.39 is 0 Å². The van der Waals surface area contributed by atoms with Gasteiger partial charge in [0.05, 0.1) is 6.61 Å². The van der Waals surface area contributed by atoms with Crippen molar-refractivity contribution in [2.75, 3.05) is 19.8 Å². The molecule has 4 aliphatic carbocycles. The molecule has 5 heteroatoms. The highest BCUT2D eigenvalue weighted by molar-refractivity contribution is 6.30. The van der Waals surface area contributed by atoms with E-state index >= 15 is 0 Å². The fourth-order valence-electron chi connectivity index (χ4n) is 5.50. The number of halogens is 1. The molecule has 0 amide bonds. The van der Waals surface area contributed by atoms with Crippen molar-refractivity contribution in [2.24, 2.45) is 23.7 Å². The number of hydrogen-bond acceptors (Lipinski definition) is 4. The van der Waals surface area contributed by atoms with Crippen LogP contribution in [0.2, 0.25) is 5.02 Å². The number of ether oxygens (including phenoxy) is 2. The molecule has 1 aromatic rings. The Labute approximate surface area is 160 Å². The van der Waals surface area contributed by atoms with Crippen LogP contribution in [0.3, 0.4) is 0 Å². The van der Waals surface area contributed by atoms with Crippen molar-refractivity contribution in [3.63, 3.8) is 0 Å². The van der Waals surface area contributed by atoms with Gasteiger partial charge in [-0.1, -0.05) is 11.6 Å². The van der Waals surface area contributed by atoms with E-state index in [-0.39, 0.29) is 12.6 Å². The van der Waals surface area contributed by atoms with Gasteiger partial charge in [0.2, 0.25) is 0 Å². The molecule has 4 bridgehead atoms. The van der Waals surface area contributed by atoms with Gasteiger partial charge in [0.15, 0.2) is 6.61 Å². The zero-order valence-corrected chi connectivity index (χ0v) is 15.9. The smallest absolute Gasteiger partial charge is 0.344 e. The maximum atomic E-state index is 11.8. The highest BCUT2D eigenvalue weighted by Gasteiger charge is 2.47. The number of benzene rings is 1. The first-order valence-corrected chi connectivity index (χ1v) is 10.3. The van der Waals surface area contributed by atoms with Crippen LogP contribution in [0.4, 0.5) is 0 Å². The summed E-state index contributed by atoms with van der Waals surface area (Å²) in [6.07, 6.45) is 8.08. The van der Waals surface area contributed by atoms with Crippen molar-refractivity contribution in [3.8, 4) is 5.75 Å². The standard InChI is InChI=1S/C21H28ClNO3/c22-18-2-4-19(5-3-18)26-13-20(24)25-7-1-6-23-21-16-9-14-8-15(11-16)12-17(21)10-14/h2-5,14-17,21,23H,1,6-13H2. The second-order valence-corrected chi connectivity index (χ2v) is 8.66. The van der Waals surface area contributed by atoms with E-state index in [1.807, 2.05) is 0 Å². The lowest BCUT2D eigenvalue weighted by Gasteiger charge is -2.54. The van der Waals surface area contributed by atoms with E-state index in [9.17, 15) is 4.79 Å². The van der Waals surface area contributed by atoms with Crippen molar-refractivity contribution >= 4 is 17.6 Å². The van der Waals surface area contributed by atoms with Gasteiger partial charge in [0.1, 0.15) is 5.75 Å². The first kappa shape index (κ1) is 18.1. The lowest BCUT2D eigenvalue weighted by atomic mass is 9.54. The SMILES string of the molecule is O=C(COc1ccc(Cl)cc1)OCCCNC1C2CC3CC(C2)CC1C3. The Morgan fingerprint density at radius 2 is 1.69 bits per heavy atom. The van der Waals surface area contributed by atoms with Gasteiger partial charge in [-0.15, -0.1) is 0 Å². The summed E-state index contributed by atoms with van der Waals surface area (Å²) >= 11 is 5.82. The topological polar surface area (TPSA) is 47.6 Å². The second-order valence-electron chi connectivity index (χ2n) is 8.23. The lowest BCUT2D eigenvalue weighted by Crippen LogP contribution is -2.54. The molecule has 0 unspecified atom stereocenters. The van der Waals surface area contributed by atoms with E-state index in [4.69, 9.17) is 21.1 Å². The summed E-state index contributed by atoms with van der Waals surface area (Å²) < 4.78 is 10.7. The minimum Gasteiger partial charge on any atom is -0.482 e. The van der Waals surface area contributed by atoms with Crippen LogP contribution in [0.15, 0.2) is 24.3 Å². The molecule has 0 radical (unpaired) electrons. The lowest BCUT2D eigenvalue weighted by molar-refractivity contribution is -0.146. The molecule has 26 heavy (non-hydrogen) atoms. The molecule has 1 aromatic carbocycles. The zero-order valence-electron chi connectivity index (χ0n) is 15.2. The van der Waals surface area contributed by atoms with Crippen molar-refractivity contribution in [2.45, 2.75) is 44.6 Å². The minimum absolute atomic E-state index is 0.0649. The molecule has 0 aromatic heterocycles. The number of carbonyl (C=O) groups is 1. The van der Waals surface area contributed by atoms with E-state index in [2.05, 4.69) is 5.32 Å². The van der Waals surface area contributed by atoms with Crippen LogP contribution in [0.1, 0.15) is 38.5 Å². The summed E-state index contributed by atoms with van der Waals surface area (Å²) in [7, 11) is 0. The first-order chi connectivity index (χ1) is 12.7. The molecular formula is C21H28ClNO3. The summed E-state index contributed by atoms with van der Waals surface area (Å²) in [6.45, 7) is 1.31. The van der Waals surface area contributed by atoms with Crippen LogP contribution >= 0.6 is 11.6 Å². The Bertz CT molecular complexity index is 590. The van der Waals surface area contributed by atoms with Gasteiger partial charge in [-0.2, -0.15) is 0 Å². The van der Waals surface area contributed by atoms with Gasteiger partial charge in [-0.3, -0.25) is 0 Å². The van der Waals surface area contributed by atoms with Gasteiger partial charge in [0.25, 0.3) is 0 Å². The van der Waals surface area contributed by atoms with Crippen molar-refractivity contribution < 1.29 is 14.3 Å². The summed E-state index contributed by atoms with van der Waals surface area (Å²) in [5.41, 5.74) is 0. The summed E-state index contributed by atoms with van der Waals surface area (Å²) in [6, 6.07) is 7.65. The molecule has 4 aliphatic rings. The zero-order chi connectivity index (χ0) is 17.9. The maximum absolute atomic E-state index is 11.8. The predicted octanol–water partition coefficient (Wildman–Crippen LogP) is 4.07. The number of carbonyl (C=O) groups excluding carboxylic acids is 1. The fraction of sp³-hybridized carbons (Fsp3) is 0.667. The van der Waals surface area contributed by atoms with Crippen molar-refractivity contribution in [1.29, 1.82) is 0 Å². The summed E-state index contributed by atoms with van der Waals surface area (Å²) in [5.74, 6) is 4.10. The van der Waals surface area contributed by atoms with Gasteiger partial charge in [-0.05, 0) is 93.0 Å². The molecule has 142 valence electrons. The number of rotatable bonds is 8. The third-order valence-electron chi connectivity index (χ3n) is 6.36. The summed E-state index contributed by atoms with van der Waals surface area (Å²) in [4.78, 5) is 11.8. The monoisotopic (exact) mass is 377 g/mol. The molecule has 0 aliphatic heterocycles. The largest absolute Gasteiger partial charge is 0.482 e. The Balaban J connectivity index is 1.09. The van der Waals surface area contributed by atoms with Gasteiger partial charge >= 0.3 is 5.97 Å². The van der Waals surface area contributed by atoms with E-state index in [0.29, 0.717) is 23.4 Å². The van der Waals surface area contributed by atoms with Crippen molar-refractivity contribution in [3.05, 3.63) is 29.3 Å². The Morgan fingerprint density at radius 1 is 1.04 bits per heavy atom. The number of esters is 1. The quantitative estimate of drug-likeness (QED) is 0.548. The minimum atomic E-state index is -0.324. The molecule has 0 atom stereocenters. The molecule has 0 heterocycles. The molecule has 0 saturated heterocycles. The Hall–Kier alpha value is -1.26. The highest BCUT2D eigenvalue weighted by atomic mass is 35.5. The van der Waals surface area contributed by atoms with Crippen LogP contribution in [-0.2, 0) is 9.53 Å². The molecular weight excluding hydrogens is 350 g/mol. The Kier molecular flexibility index (Phi) is 5.70. The highest BCUT2D eigenvalue weighted by Crippen LogP contribution is 2.53. The van der Waals surface area contributed by atoms with E-state index in [0.717, 1.165) is 36.6 Å². The first-order valence-electron chi connectivity index (χ1n) is 9.95. The third-order valence-corrected chi connectivity index (χ3v) is 6.61. The molecule has 4 nitrogen and oxygen atoms in total. The Morgan fingerprint density at radius 3 is 2.35 bits per heavy atom.